The molecular weight excluding hydrogens is 276 g/mol. The van der Waals surface area contributed by atoms with E-state index in [1.165, 1.54) is 0 Å². The molecule has 1 aromatic carbocycles. The van der Waals surface area contributed by atoms with Crippen LogP contribution in [0.5, 0.6) is 5.75 Å². The molecule has 0 aromatic heterocycles. The van der Waals surface area contributed by atoms with E-state index in [4.69, 9.17) is 0 Å². The Hall–Kier alpha value is -2.13. The molecule has 1 aromatic rings. The molecule has 0 saturated carbocycles. The molecule has 0 heterocycles. The van der Waals surface area contributed by atoms with Crippen LogP contribution in [0.15, 0.2) is 54.1 Å². The highest BCUT2D eigenvalue weighted by atomic mass is 16.3. The van der Waals surface area contributed by atoms with E-state index in [9.17, 15) is 15.0 Å². The monoisotopic (exact) mass is 300 g/mol. The molecule has 22 heavy (non-hydrogen) atoms. The van der Waals surface area contributed by atoms with Gasteiger partial charge in [-0.05, 0) is 51.0 Å². The van der Waals surface area contributed by atoms with Gasteiger partial charge in [-0.2, -0.15) is 0 Å². The highest BCUT2D eigenvalue weighted by molar-refractivity contribution is 5.94. The fraction of sp³-hybridized carbons (Fsp3) is 0.316. The largest absolute Gasteiger partial charge is 0.508 e. The number of phenols is 1. The van der Waals surface area contributed by atoms with E-state index in [2.05, 4.69) is 0 Å². The second kappa shape index (κ2) is 8.35. The lowest BCUT2D eigenvalue weighted by Crippen LogP contribution is -2.13. The molecule has 2 N–H and O–H groups in total. The van der Waals surface area contributed by atoms with Crippen molar-refractivity contribution in [1.82, 2.24) is 0 Å². The third-order valence-electron chi connectivity index (χ3n) is 2.97. The standard InChI is InChI=1S/C19H24O3/c1-15(5-4-14-19(2,3)22)6-10-17(20)11-7-16-8-12-18(21)13-9-16/h4,6-9,11-14,21-22H,5,10H2,1-3H3/b11-7+,14-4+,15-6+. The molecule has 0 atom stereocenters. The van der Waals surface area contributed by atoms with Crippen molar-refractivity contribution in [1.29, 1.82) is 0 Å². The minimum Gasteiger partial charge on any atom is -0.508 e. The summed E-state index contributed by atoms with van der Waals surface area (Å²) in [6, 6.07) is 6.68. The van der Waals surface area contributed by atoms with Crippen molar-refractivity contribution in [3.05, 3.63) is 59.7 Å². The van der Waals surface area contributed by atoms with E-state index in [-0.39, 0.29) is 11.5 Å². The van der Waals surface area contributed by atoms with Gasteiger partial charge >= 0.3 is 0 Å². The molecule has 0 radical (unpaired) electrons. The topological polar surface area (TPSA) is 57.5 Å². The summed E-state index contributed by atoms with van der Waals surface area (Å²) in [5, 5.41) is 18.7. The lowest BCUT2D eigenvalue weighted by Gasteiger charge is -2.09. The van der Waals surface area contributed by atoms with Crippen LogP contribution >= 0.6 is 0 Å². The molecule has 0 fully saturated rings. The predicted molar refractivity (Wildman–Crippen MR) is 90.6 cm³/mol. The summed E-state index contributed by atoms with van der Waals surface area (Å²) in [4.78, 5) is 11.8. The molecule has 0 aliphatic rings. The van der Waals surface area contributed by atoms with E-state index in [1.54, 1.807) is 56.3 Å². The van der Waals surface area contributed by atoms with E-state index < -0.39 is 5.60 Å². The first-order valence-electron chi connectivity index (χ1n) is 7.32. The number of rotatable bonds is 7. The van der Waals surface area contributed by atoms with Crippen molar-refractivity contribution >= 4 is 11.9 Å². The van der Waals surface area contributed by atoms with Crippen LogP contribution in [0.1, 0.15) is 39.2 Å². The van der Waals surface area contributed by atoms with Crippen molar-refractivity contribution in [2.75, 3.05) is 0 Å². The first kappa shape index (κ1) is 17.9. The van der Waals surface area contributed by atoms with Crippen molar-refractivity contribution in [2.45, 2.75) is 39.2 Å². The Balaban J connectivity index is 2.46. The number of carbonyl (C=O) groups excluding carboxylic acids is 1. The lowest BCUT2D eigenvalue weighted by atomic mass is 10.1. The molecule has 0 spiro atoms. The molecule has 0 bridgehead atoms. The van der Waals surface area contributed by atoms with Gasteiger partial charge in [-0.1, -0.05) is 42.0 Å². The van der Waals surface area contributed by atoms with Gasteiger partial charge in [-0.25, -0.2) is 0 Å². The van der Waals surface area contributed by atoms with E-state index in [0.717, 1.165) is 17.6 Å². The van der Waals surface area contributed by atoms with Crippen LogP contribution in [0, 0.1) is 0 Å². The Morgan fingerprint density at radius 1 is 1.18 bits per heavy atom. The number of carbonyl (C=O) groups is 1. The average Bonchev–Trinajstić information content (AvgIpc) is 2.43. The summed E-state index contributed by atoms with van der Waals surface area (Å²) in [5.74, 6) is 0.236. The van der Waals surface area contributed by atoms with Crippen LogP contribution in [-0.2, 0) is 4.79 Å². The number of aliphatic hydroxyl groups is 1. The molecule has 0 amide bonds. The fourth-order valence-corrected chi connectivity index (χ4v) is 1.73. The second-order valence-electron chi connectivity index (χ2n) is 5.91. The third-order valence-corrected chi connectivity index (χ3v) is 2.97. The SMILES string of the molecule is C/C(=C\CC(=O)/C=C/c1ccc(O)cc1)C/C=C/C(C)(C)O. The van der Waals surface area contributed by atoms with Gasteiger partial charge in [0.05, 0.1) is 5.60 Å². The maximum atomic E-state index is 11.8. The molecule has 0 aliphatic heterocycles. The molecule has 0 saturated heterocycles. The summed E-state index contributed by atoms with van der Waals surface area (Å²) < 4.78 is 0. The van der Waals surface area contributed by atoms with E-state index in [0.29, 0.717) is 6.42 Å². The zero-order chi connectivity index (χ0) is 16.6. The Labute approximate surface area is 132 Å². The van der Waals surface area contributed by atoms with Crippen LogP contribution in [0.3, 0.4) is 0 Å². The fourth-order valence-electron chi connectivity index (χ4n) is 1.73. The number of aromatic hydroxyl groups is 1. The van der Waals surface area contributed by atoms with Crippen LogP contribution in [0.25, 0.3) is 6.08 Å². The van der Waals surface area contributed by atoms with Gasteiger partial charge in [0.2, 0.25) is 0 Å². The van der Waals surface area contributed by atoms with Crippen LogP contribution in [0.2, 0.25) is 0 Å². The summed E-state index contributed by atoms with van der Waals surface area (Å²) in [7, 11) is 0. The molecule has 1 rings (SSSR count). The van der Waals surface area contributed by atoms with Crippen molar-refractivity contribution in [3.63, 3.8) is 0 Å². The van der Waals surface area contributed by atoms with Gasteiger partial charge in [-0.3, -0.25) is 4.79 Å². The number of allylic oxidation sites excluding steroid dienone is 4. The Bertz CT molecular complexity index is 570. The zero-order valence-electron chi connectivity index (χ0n) is 13.4. The maximum absolute atomic E-state index is 11.8. The number of benzene rings is 1. The van der Waals surface area contributed by atoms with Crippen LogP contribution in [-0.4, -0.2) is 21.6 Å². The second-order valence-corrected chi connectivity index (χ2v) is 5.91. The van der Waals surface area contributed by atoms with E-state index >= 15 is 0 Å². The smallest absolute Gasteiger partial charge is 0.159 e. The molecule has 3 nitrogen and oxygen atoms in total. The zero-order valence-corrected chi connectivity index (χ0v) is 13.4. The summed E-state index contributed by atoms with van der Waals surface area (Å²) in [6.45, 7) is 5.41. The quantitative estimate of drug-likeness (QED) is 0.590. The van der Waals surface area contributed by atoms with Gasteiger partial charge in [0.15, 0.2) is 5.78 Å². The highest BCUT2D eigenvalue weighted by Gasteiger charge is 2.05. The van der Waals surface area contributed by atoms with Gasteiger partial charge < -0.3 is 10.2 Å². The van der Waals surface area contributed by atoms with Gasteiger partial charge in [0.1, 0.15) is 5.75 Å². The molecule has 118 valence electrons. The third kappa shape index (κ3) is 8.22. The first-order chi connectivity index (χ1) is 10.3. The number of hydrogen-bond acceptors (Lipinski definition) is 3. The number of phenolic OH excluding ortho intramolecular Hbond substituents is 1. The average molecular weight is 300 g/mol. The number of hydrogen-bond donors (Lipinski definition) is 2. The van der Waals surface area contributed by atoms with Crippen LogP contribution in [0.4, 0.5) is 0 Å². The lowest BCUT2D eigenvalue weighted by molar-refractivity contribution is -0.113. The highest BCUT2D eigenvalue weighted by Crippen LogP contribution is 2.11. The Morgan fingerprint density at radius 3 is 2.41 bits per heavy atom. The first-order valence-corrected chi connectivity index (χ1v) is 7.32. The normalized spacial score (nSPS) is 13.2. The van der Waals surface area contributed by atoms with Crippen LogP contribution < -0.4 is 0 Å². The minimum absolute atomic E-state index is 0.0268. The molecule has 0 aliphatic carbocycles. The van der Waals surface area contributed by atoms with Gasteiger partial charge in [0.25, 0.3) is 0 Å². The van der Waals surface area contributed by atoms with Crippen molar-refractivity contribution < 1.29 is 15.0 Å². The van der Waals surface area contributed by atoms with Crippen molar-refractivity contribution in [2.24, 2.45) is 0 Å². The number of ketones is 1. The summed E-state index contributed by atoms with van der Waals surface area (Å²) in [6.07, 6.45) is 9.91. The summed E-state index contributed by atoms with van der Waals surface area (Å²) >= 11 is 0. The molecular formula is C19H24O3. The molecule has 3 heteroatoms. The van der Waals surface area contributed by atoms with Crippen molar-refractivity contribution in [3.8, 4) is 5.75 Å². The van der Waals surface area contributed by atoms with E-state index in [1.807, 2.05) is 19.1 Å². The van der Waals surface area contributed by atoms with Gasteiger partial charge in [0, 0.05) is 6.42 Å². The Kier molecular flexibility index (Phi) is 6.80. The maximum Gasteiger partial charge on any atom is 0.159 e. The van der Waals surface area contributed by atoms with Gasteiger partial charge in [-0.15, -0.1) is 0 Å². The predicted octanol–water partition coefficient (Wildman–Crippen LogP) is 4.03. The Morgan fingerprint density at radius 2 is 1.82 bits per heavy atom. The molecule has 0 unspecified atom stereocenters. The minimum atomic E-state index is -0.803. The summed E-state index contributed by atoms with van der Waals surface area (Å²) in [5.41, 5.74) is 1.16.